The molecular weight excluding hydrogens is 468 g/mol. The molecule has 0 aliphatic rings. The van der Waals surface area contributed by atoms with E-state index in [2.05, 4.69) is 0 Å². The summed E-state index contributed by atoms with van der Waals surface area (Å²) in [6.45, 7) is 0. The van der Waals surface area contributed by atoms with Gasteiger partial charge in [-0.15, -0.1) is 0 Å². The van der Waals surface area contributed by atoms with Crippen molar-refractivity contribution < 1.29 is 107 Å². The van der Waals surface area contributed by atoms with Gasteiger partial charge in [-0.05, 0) is 0 Å². The Labute approximate surface area is 105 Å². The molecule has 0 unspecified atom stereocenters. The zero-order valence-electron chi connectivity index (χ0n) is 2.25. The van der Waals surface area contributed by atoms with Crippen molar-refractivity contribution in [3.63, 3.8) is 0 Å². The van der Waals surface area contributed by atoms with Crippen LogP contribution in [0.15, 0.2) is 0 Å². The van der Waals surface area contributed by atoms with Crippen LogP contribution in [-0.2, 0) is 107 Å². The van der Waals surface area contributed by atoms with Crippen LogP contribution in [0, 0.1) is 0 Å². The van der Waals surface area contributed by atoms with E-state index < -0.39 is 0 Å². The van der Waals surface area contributed by atoms with Gasteiger partial charge in [0.25, 0.3) is 0 Å². The normalized spacial score (nSPS) is 0. The third kappa shape index (κ3) is 18.5. The van der Waals surface area contributed by atoms with Crippen molar-refractivity contribution in [3.05, 3.63) is 0 Å². The molecule has 0 aromatic heterocycles. The maximum atomic E-state index is 0. The average Bonchev–Trinajstić information content (AvgIpc) is 0. The summed E-state index contributed by atoms with van der Waals surface area (Å²) in [5.41, 5.74) is 0. The Bertz CT molecular complexity index is 11.6. The maximum absolute atomic E-state index is 0. The quantitative estimate of drug-likeness (QED) is 0.440. The summed E-state index contributed by atoms with van der Waals surface area (Å²) >= 11 is 0. The molecule has 3 radical (unpaired) electrons. The predicted octanol–water partition coefficient (Wildman–Crippen LogP) is -0.0125. The van der Waals surface area contributed by atoms with Crippen LogP contribution in [0.3, 0.4) is 0 Å². The van der Waals surface area contributed by atoms with Crippen LogP contribution in [0.2, 0.25) is 0 Å². The molecule has 0 N–H and O–H groups in total. The van der Waals surface area contributed by atoms with Crippen LogP contribution in [0.5, 0.6) is 0 Å². The second kappa shape index (κ2) is 25.9. The van der Waals surface area contributed by atoms with Gasteiger partial charge in [0, 0.05) is 107 Å². The van der Waals surface area contributed by atoms with Gasteiger partial charge in [-0.3, -0.25) is 0 Å². The van der Waals surface area contributed by atoms with Gasteiger partial charge < -0.3 is 0 Å². The molecule has 0 saturated carbocycles. The molecule has 0 fully saturated rings. The molecule has 0 amide bonds. The van der Waals surface area contributed by atoms with Crippen molar-refractivity contribution in [2.24, 2.45) is 0 Å². The molecule has 0 heterocycles. The molecule has 0 spiro atoms. The van der Waals surface area contributed by atoms with Crippen LogP contribution < -0.4 is 0 Å². The summed E-state index contributed by atoms with van der Waals surface area (Å²) in [5, 5.41) is 0. The fraction of sp³-hybridized carbons (Fsp3) is 0. The minimum Gasteiger partial charge on any atom is 0 e. The Balaban J connectivity index is 0. The van der Waals surface area contributed by atoms with Crippen LogP contribution in [0.25, 0.3) is 0 Å². The van der Waals surface area contributed by atoms with E-state index in [9.17, 15) is 0 Å². The molecule has 0 saturated heterocycles. The van der Waals surface area contributed by atoms with Crippen molar-refractivity contribution in [2.45, 2.75) is 0 Å². The first kappa shape index (κ1) is 39.2. The van der Waals surface area contributed by atoms with Gasteiger partial charge in [-0.1, -0.05) is 0 Å². The van der Waals surface area contributed by atoms with Gasteiger partial charge in [-0.25, -0.2) is 0 Å². The predicted molar refractivity (Wildman–Crippen MR) is 0 cm³/mol. The topological polar surface area (TPSA) is 0 Å². The third-order valence-corrected chi connectivity index (χ3v) is 0. The molecule has 5 heavy (non-hydrogen) atoms. The maximum Gasteiger partial charge on any atom is 0 e. The van der Waals surface area contributed by atoms with E-state index in [1.54, 1.807) is 0 Å². The van der Waals surface area contributed by atoms with E-state index in [0.29, 0.717) is 0 Å². The van der Waals surface area contributed by atoms with E-state index >= 15 is 0 Å². The first-order chi connectivity index (χ1) is 0. The number of hydrogen-bond donors (Lipinski definition) is 0. The van der Waals surface area contributed by atoms with E-state index in [1.807, 2.05) is 0 Å². The Morgan fingerprint density at radius 2 is 1.00 bits per heavy atom. The number of rotatable bonds is 0. The molecule has 0 rings (SSSR count). The van der Waals surface area contributed by atoms with Gasteiger partial charge in [0.05, 0.1) is 0 Å². The molecule has 0 aliphatic heterocycles. The number of hydrogen-bond acceptors (Lipinski definition) is 0. The molecular formula is CrNbTaVZr. The van der Waals surface area contributed by atoms with E-state index in [1.165, 1.54) is 0 Å². The fourth-order valence-corrected chi connectivity index (χ4v) is 0. The average molecular weight is 468 g/mol. The summed E-state index contributed by atoms with van der Waals surface area (Å²) in [6, 6.07) is 0. The molecule has 0 aromatic rings. The van der Waals surface area contributed by atoms with Gasteiger partial charge in [0.1, 0.15) is 0 Å². The summed E-state index contributed by atoms with van der Waals surface area (Å²) in [4.78, 5) is 0. The van der Waals surface area contributed by atoms with Crippen molar-refractivity contribution in [1.82, 2.24) is 0 Å². The Morgan fingerprint density at radius 1 is 1.00 bits per heavy atom. The largest absolute Gasteiger partial charge is 0 e. The van der Waals surface area contributed by atoms with Crippen LogP contribution >= 0.6 is 0 Å². The minimum absolute atomic E-state index is 0. The van der Waals surface area contributed by atoms with E-state index in [-0.39, 0.29) is 107 Å². The van der Waals surface area contributed by atoms with E-state index in [4.69, 9.17) is 0 Å². The first-order valence-corrected chi connectivity index (χ1v) is 0. The van der Waals surface area contributed by atoms with Gasteiger partial charge in [-0.2, -0.15) is 0 Å². The summed E-state index contributed by atoms with van der Waals surface area (Å²) in [5.74, 6) is 0. The summed E-state index contributed by atoms with van der Waals surface area (Å²) in [7, 11) is 0. The molecule has 0 atom stereocenters. The Morgan fingerprint density at radius 3 is 1.00 bits per heavy atom. The third-order valence-electron chi connectivity index (χ3n) is 0. The standard InChI is InChI=1S/Cr.Nb.Ta.V.Zr. The van der Waals surface area contributed by atoms with Gasteiger partial charge >= 0.3 is 0 Å². The van der Waals surface area contributed by atoms with Crippen molar-refractivity contribution in [1.29, 1.82) is 0 Å². The van der Waals surface area contributed by atoms with Crippen molar-refractivity contribution in [2.75, 3.05) is 0 Å². The summed E-state index contributed by atoms with van der Waals surface area (Å²) in [6.07, 6.45) is 0. The Hall–Kier alpha value is 3.48. The fourth-order valence-electron chi connectivity index (χ4n) is 0. The molecule has 0 bridgehead atoms. The molecule has 0 aromatic carbocycles. The Kier molecular flexibility index (Phi) is 203. The zero-order valence-corrected chi connectivity index (χ0v) is 12.8. The smallest absolute Gasteiger partial charge is 0 e. The van der Waals surface area contributed by atoms with Crippen LogP contribution in [-0.4, -0.2) is 0 Å². The molecule has 5 heteroatoms. The van der Waals surface area contributed by atoms with Gasteiger partial charge in [0.15, 0.2) is 0 Å². The zero-order chi connectivity index (χ0) is 0. The minimum atomic E-state index is 0. The second-order valence-electron chi connectivity index (χ2n) is 0. The van der Waals surface area contributed by atoms with Crippen molar-refractivity contribution in [3.8, 4) is 0 Å². The van der Waals surface area contributed by atoms with E-state index in [0.717, 1.165) is 0 Å². The molecule has 0 nitrogen and oxygen atoms in total. The molecule has 25 valence electrons. The first-order valence-electron chi connectivity index (χ1n) is 0. The monoisotopic (exact) mass is 467 g/mol. The van der Waals surface area contributed by atoms with Crippen LogP contribution in [0.1, 0.15) is 0 Å². The molecule has 0 aliphatic carbocycles. The summed E-state index contributed by atoms with van der Waals surface area (Å²) < 4.78 is 0. The second-order valence-corrected chi connectivity index (χ2v) is 0. The van der Waals surface area contributed by atoms with Gasteiger partial charge in [0.2, 0.25) is 0 Å². The SMILES string of the molecule is [Cr].[Nb].[Ta].[V].[Zr]. The van der Waals surface area contributed by atoms with Crippen LogP contribution in [0.4, 0.5) is 0 Å². The van der Waals surface area contributed by atoms with Crippen molar-refractivity contribution >= 4 is 0 Å².